The highest BCUT2D eigenvalue weighted by molar-refractivity contribution is 5.31. The van der Waals surface area contributed by atoms with Crippen molar-refractivity contribution < 1.29 is 0 Å². The second-order valence-electron chi connectivity index (χ2n) is 15.9. The lowest BCUT2D eigenvalue weighted by Gasteiger charge is -2.87. The van der Waals surface area contributed by atoms with E-state index in [1.54, 1.807) is 6.42 Å². The van der Waals surface area contributed by atoms with E-state index < -0.39 is 0 Å². The molecule has 0 amide bonds. The molecule has 9 rings (SSSR count). The molecule has 0 unspecified atom stereocenters. The summed E-state index contributed by atoms with van der Waals surface area (Å²) in [6, 6.07) is 0. The van der Waals surface area contributed by atoms with Crippen molar-refractivity contribution in [1.29, 1.82) is 0 Å². The molecule has 6 bridgehead atoms. The average molecular weight is 411 g/mol. The summed E-state index contributed by atoms with van der Waals surface area (Å²) >= 11 is 0. The van der Waals surface area contributed by atoms with E-state index in [0.29, 0.717) is 37.9 Å². The van der Waals surface area contributed by atoms with Crippen molar-refractivity contribution >= 4 is 0 Å². The monoisotopic (exact) mass is 410 g/mol. The maximum atomic E-state index is 2.86. The molecule has 9 aliphatic rings. The first-order valence-electron chi connectivity index (χ1n) is 13.7. The summed E-state index contributed by atoms with van der Waals surface area (Å²) in [6.07, 6.45) is 13.7. The van der Waals surface area contributed by atoms with Gasteiger partial charge in [-0.05, 0) is 125 Å². The van der Waals surface area contributed by atoms with E-state index in [-0.39, 0.29) is 0 Å². The van der Waals surface area contributed by atoms with E-state index >= 15 is 0 Å². The summed E-state index contributed by atoms with van der Waals surface area (Å²) in [4.78, 5) is 0. The van der Waals surface area contributed by atoms with Gasteiger partial charge in [-0.25, -0.2) is 0 Å². The second-order valence-corrected chi connectivity index (χ2v) is 15.9. The first kappa shape index (κ1) is 20.6. The molecule has 0 spiro atoms. The Balaban J connectivity index is 1.53. The Morgan fingerprint density at radius 3 is 1.47 bits per heavy atom. The largest absolute Gasteiger partial charge is 0.0594 e. The third-order valence-corrected chi connectivity index (χ3v) is 15.3. The van der Waals surface area contributed by atoms with Crippen molar-refractivity contribution in [3.63, 3.8) is 0 Å². The highest BCUT2D eigenvalue weighted by Crippen LogP contribution is 2.89. The van der Waals surface area contributed by atoms with Crippen LogP contribution in [0.5, 0.6) is 0 Å². The van der Waals surface area contributed by atoms with E-state index in [1.165, 1.54) is 51.4 Å². The summed E-state index contributed by atoms with van der Waals surface area (Å²) in [6.45, 7) is 24.5. The molecule has 0 aromatic rings. The van der Waals surface area contributed by atoms with Crippen molar-refractivity contribution in [3.8, 4) is 0 Å². The quantitative estimate of drug-likeness (QED) is 0.427. The number of hydrogen-bond donors (Lipinski definition) is 0. The molecule has 0 N–H and O–H groups in total. The van der Waals surface area contributed by atoms with Gasteiger partial charge in [-0.2, -0.15) is 0 Å². The Hall–Kier alpha value is 0. The summed E-state index contributed by atoms with van der Waals surface area (Å²) in [5.74, 6) is 4.91. The molecule has 9 atom stereocenters. The Bertz CT molecular complexity index is 782. The fraction of sp³-hybridized carbons (Fsp3) is 1.00. The lowest BCUT2D eigenvalue weighted by atomic mass is 9.17. The molecule has 0 saturated heterocycles. The highest BCUT2D eigenvalue weighted by Gasteiger charge is 2.83. The minimum atomic E-state index is 0.499. The van der Waals surface area contributed by atoms with Crippen molar-refractivity contribution in [1.82, 2.24) is 0 Å². The maximum absolute atomic E-state index is 2.86. The molecule has 0 aliphatic heterocycles. The maximum Gasteiger partial charge on any atom is -0.0125 e. The van der Waals surface area contributed by atoms with Crippen LogP contribution in [0.3, 0.4) is 0 Å². The van der Waals surface area contributed by atoms with Gasteiger partial charge < -0.3 is 0 Å². The summed E-state index contributed by atoms with van der Waals surface area (Å²) < 4.78 is 0. The Morgan fingerprint density at radius 2 is 1.00 bits per heavy atom. The molecule has 0 heterocycles. The molecule has 0 aromatic carbocycles. The van der Waals surface area contributed by atoms with Crippen LogP contribution in [0, 0.1) is 67.5 Å². The Kier molecular flexibility index (Phi) is 3.58. The van der Waals surface area contributed by atoms with Crippen LogP contribution in [0.1, 0.15) is 120 Å². The molecule has 170 valence electrons. The molecule has 9 aliphatic carbocycles. The van der Waals surface area contributed by atoms with Crippen LogP contribution in [-0.4, -0.2) is 0 Å². The zero-order valence-corrected chi connectivity index (χ0v) is 21.8. The number of hydrogen-bond acceptors (Lipinski definition) is 0. The first-order chi connectivity index (χ1) is 13.7. The summed E-state index contributed by atoms with van der Waals surface area (Å²) in [7, 11) is 0. The molecule has 9 saturated carbocycles. The van der Waals surface area contributed by atoms with Crippen molar-refractivity contribution in [2.45, 2.75) is 120 Å². The molecule has 9 fully saturated rings. The molecule has 30 heavy (non-hydrogen) atoms. The van der Waals surface area contributed by atoms with Crippen molar-refractivity contribution in [2.75, 3.05) is 0 Å². The van der Waals surface area contributed by atoms with Crippen molar-refractivity contribution in [2.24, 2.45) is 67.5 Å². The smallest absolute Gasteiger partial charge is 0.0125 e. The minimum Gasteiger partial charge on any atom is -0.0594 e. The van der Waals surface area contributed by atoms with Crippen LogP contribution in [-0.2, 0) is 0 Å². The Morgan fingerprint density at radius 1 is 0.533 bits per heavy atom. The Labute approximate surface area is 187 Å². The van der Waals surface area contributed by atoms with E-state index in [4.69, 9.17) is 0 Å². The highest BCUT2D eigenvalue weighted by atomic mass is 14.9. The minimum absolute atomic E-state index is 0.499. The van der Waals surface area contributed by atoms with Gasteiger partial charge in [-0.1, -0.05) is 62.3 Å². The van der Waals surface area contributed by atoms with Crippen LogP contribution >= 0.6 is 0 Å². The summed E-state index contributed by atoms with van der Waals surface area (Å²) in [5, 5.41) is 0. The van der Waals surface area contributed by atoms with Crippen LogP contribution in [0.4, 0.5) is 0 Å². The van der Waals surface area contributed by atoms with Gasteiger partial charge >= 0.3 is 0 Å². The van der Waals surface area contributed by atoms with E-state index in [2.05, 4.69) is 62.3 Å². The fourth-order valence-corrected chi connectivity index (χ4v) is 13.2. The van der Waals surface area contributed by atoms with Gasteiger partial charge in [-0.3, -0.25) is 0 Å². The SMILES string of the molecule is CC1(C)[C@@H]2CC[C@](C)([C@]3(C)CC[C@@H]4C[C@@]3([C@]3(C)CC[C@H]5C[C@@H]3C5(C)C)C4(C)C)[C@@H]1C2. The van der Waals surface area contributed by atoms with Crippen LogP contribution in [0.2, 0.25) is 0 Å². The van der Waals surface area contributed by atoms with E-state index in [1.807, 2.05) is 0 Å². The lowest BCUT2D eigenvalue weighted by Crippen LogP contribution is -2.80. The van der Waals surface area contributed by atoms with Crippen LogP contribution < -0.4 is 0 Å². The molecule has 0 nitrogen and oxygen atoms in total. The lowest BCUT2D eigenvalue weighted by molar-refractivity contribution is -0.387. The molecule has 0 aromatic heterocycles. The number of rotatable bonds is 2. The predicted octanol–water partition coefficient (Wildman–Crippen LogP) is 8.74. The third-order valence-electron chi connectivity index (χ3n) is 15.3. The van der Waals surface area contributed by atoms with E-state index in [0.717, 1.165) is 29.6 Å². The van der Waals surface area contributed by atoms with Gasteiger partial charge in [0.05, 0.1) is 0 Å². The standard InChI is InChI=1S/C30H50/c1-24(2)19-10-13-27(7,22(24)16-19)29(9)15-12-21-18-30(29,26(21,5)6)28(8)14-11-20-17-23(28)25(20,3)4/h19-23H,10-18H2,1-9H3/t19-,20+,21-,22-,23-,27+,28-,29+,30+/m1/s1. The fourth-order valence-electron chi connectivity index (χ4n) is 13.2. The molecular formula is C30H50. The molecule has 0 heteroatoms. The average Bonchev–Trinajstić information content (AvgIpc) is 2.66. The summed E-state index contributed by atoms with van der Waals surface area (Å²) in [5.41, 5.74) is 3.78. The first-order valence-corrected chi connectivity index (χ1v) is 13.7. The zero-order valence-electron chi connectivity index (χ0n) is 21.8. The predicted molar refractivity (Wildman–Crippen MR) is 127 cm³/mol. The van der Waals surface area contributed by atoms with Crippen LogP contribution in [0.25, 0.3) is 0 Å². The van der Waals surface area contributed by atoms with E-state index in [9.17, 15) is 0 Å². The van der Waals surface area contributed by atoms with Crippen LogP contribution in [0.15, 0.2) is 0 Å². The molecular weight excluding hydrogens is 360 g/mol. The number of fused-ring (bicyclic) bond motifs is 7. The van der Waals surface area contributed by atoms with Gasteiger partial charge in [0.2, 0.25) is 0 Å². The van der Waals surface area contributed by atoms with Crippen molar-refractivity contribution in [3.05, 3.63) is 0 Å². The van der Waals surface area contributed by atoms with Gasteiger partial charge in [0.15, 0.2) is 0 Å². The third kappa shape index (κ3) is 1.72. The second kappa shape index (κ2) is 5.22. The topological polar surface area (TPSA) is 0 Å². The van der Waals surface area contributed by atoms with Gasteiger partial charge in [-0.15, -0.1) is 0 Å². The molecule has 0 radical (unpaired) electrons. The normalized spacial score (nSPS) is 61.3. The van der Waals surface area contributed by atoms with Gasteiger partial charge in [0.25, 0.3) is 0 Å². The van der Waals surface area contributed by atoms with Gasteiger partial charge in [0.1, 0.15) is 0 Å². The van der Waals surface area contributed by atoms with Gasteiger partial charge in [0, 0.05) is 0 Å². The zero-order chi connectivity index (χ0) is 21.8.